The maximum absolute atomic E-state index is 5.32. The fraction of sp³-hybridized carbons (Fsp3) is 0.412. The summed E-state index contributed by atoms with van der Waals surface area (Å²) in [7, 11) is 1.72. The van der Waals surface area contributed by atoms with Gasteiger partial charge in [-0.05, 0) is 30.2 Å². The average Bonchev–Trinajstić information content (AvgIpc) is 2.57. The fourth-order valence-corrected chi connectivity index (χ4v) is 2.86. The zero-order chi connectivity index (χ0) is 15.4. The van der Waals surface area contributed by atoms with Crippen LogP contribution < -0.4 is 9.64 Å². The summed E-state index contributed by atoms with van der Waals surface area (Å²) in [6.07, 6.45) is 3.60. The largest absolute Gasteiger partial charge is 0.496 e. The molecule has 2 heterocycles. The quantitative estimate of drug-likeness (QED) is 0.865. The molecule has 1 aliphatic rings. The summed E-state index contributed by atoms with van der Waals surface area (Å²) in [6, 6.07) is 8.27. The number of methoxy groups -OCH3 is 1. The zero-order valence-electron chi connectivity index (χ0n) is 13.2. The second-order valence-electron chi connectivity index (χ2n) is 5.62. The van der Waals surface area contributed by atoms with E-state index in [1.807, 2.05) is 6.07 Å². The molecule has 1 aromatic carbocycles. The Kier molecular flexibility index (Phi) is 4.53. The zero-order valence-corrected chi connectivity index (χ0v) is 13.2. The van der Waals surface area contributed by atoms with Gasteiger partial charge in [-0.15, -0.1) is 0 Å². The minimum atomic E-state index is 0.836. The highest BCUT2D eigenvalue weighted by molar-refractivity contribution is 5.36. The molecule has 0 unspecified atom stereocenters. The molecule has 1 fully saturated rings. The summed E-state index contributed by atoms with van der Waals surface area (Å²) >= 11 is 0. The summed E-state index contributed by atoms with van der Waals surface area (Å²) in [5, 5.41) is 0. The van der Waals surface area contributed by atoms with Crippen LogP contribution in [0.2, 0.25) is 0 Å². The standard InChI is InChI=1S/C17H22N4O/c1-14-12-15(4-5-16(14)22-2)13-20-8-10-21(11-9-20)17-18-6-3-7-19-17/h3-7,12H,8-11,13H2,1-2H3. The molecule has 22 heavy (non-hydrogen) atoms. The molecule has 3 rings (SSSR count). The van der Waals surface area contributed by atoms with E-state index in [0.29, 0.717) is 0 Å². The number of aromatic nitrogens is 2. The van der Waals surface area contributed by atoms with Gasteiger partial charge in [-0.2, -0.15) is 0 Å². The molecule has 0 aliphatic carbocycles. The van der Waals surface area contributed by atoms with Gasteiger partial charge in [-0.25, -0.2) is 9.97 Å². The number of benzene rings is 1. The maximum Gasteiger partial charge on any atom is 0.225 e. The predicted octanol–water partition coefficient (Wildman–Crippen LogP) is 2.12. The average molecular weight is 298 g/mol. The van der Waals surface area contributed by atoms with Crippen LogP contribution in [0.4, 0.5) is 5.95 Å². The lowest BCUT2D eigenvalue weighted by Crippen LogP contribution is -2.46. The van der Waals surface area contributed by atoms with Crippen molar-refractivity contribution in [3.63, 3.8) is 0 Å². The molecule has 116 valence electrons. The molecule has 1 saturated heterocycles. The van der Waals surface area contributed by atoms with E-state index in [0.717, 1.165) is 44.4 Å². The lowest BCUT2D eigenvalue weighted by Gasteiger charge is -2.34. The van der Waals surface area contributed by atoms with Crippen LogP contribution in [-0.2, 0) is 6.54 Å². The van der Waals surface area contributed by atoms with E-state index in [2.05, 4.69) is 44.9 Å². The number of piperazine rings is 1. The summed E-state index contributed by atoms with van der Waals surface area (Å²) in [5.74, 6) is 1.79. The van der Waals surface area contributed by atoms with Gasteiger partial charge in [0.1, 0.15) is 5.75 Å². The van der Waals surface area contributed by atoms with Crippen LogP contribution in [0.15, 0.2) is 36.7 Å². The van der Waals surface area contributed by atoms with Gasteiger partial charge in [-0.3, -0.25) is 4.90 Å². The Bertz CT molecular complexity index is 609. The molecule has 5 nitrogen and oxygen atoms in total. The third-order valence-corrected chi connectivity index (χ3v) is 4.07. The van der Waals surface area contributed by atoms with Crippen molar-refractivity contribution in [1.82, 2.24) is 14.9 Å². The SMILES string of the molecule is COc1ccc(CN2CCN(c3ncccn3)CC2)cc1C. The molecular weight excluding hydrogens is 276 g/mol. The highest BCUT2D eigenvalue weighted by Crippen LogP contribution is 2.20. The number of aryl methyl sites for hydroxylation is 1. The van der Waals surface area contributed by atoms with E-state index in [1.165, 1.54) is 11.1 Å². The van der Waals surface area contributed by atoms with Crippen molar-refractivity contribution >= 4 is 5.95 Å². The Morgan fingerprint density at radius 1 is 1.09 bits per heavy atom. The lowest BCUT2D eigenvalue weighted by atomic mass is 10.1. The van der Waals surface area contributed by atoms with Gasteiger partial charge in [0.25, 0.3) is 0 Å². The Labute approximate surface area is 131 Å². The molecule has 0 spiro atoms. The van der Waals surface area contributed by atoms with E-state index in [1.54, 1.807) is 19.5 Å². The Hall–Kier alpha value is -2.14. The minimum Gasteiger partial charge on any atom is -0.496 e. The van der Waals surface area contributed by atoms with Crippen molar-refractivity contribution in [2.75, 3.05) is 38.2 Å². The van der Waals surface area contributed by atoms with Crippen LogP contribution in [0.1, 0.15) is 11.1 Å². The molecular formula is C17H22N4O. The van der Waals surface area contributed by atoms with Gasteiger partial charge in [0.05, 0.1) is 7.11 Å². The summed E-state index contributed by atoms with van der Waals surface area (Å²) in [5.41, 5.74) is 2.53. The third-order valence-electron chi connectivity index (χ3n) is 4.07. The first-order valence-electron chi connectivity index (χ1n) is 7.64. The first-order valence-corrected chi connectivity index (χ1v) is 7.64. The third kappa shape index (κ3) is 3.36. The predicted molar refractivity (Wildman–Crippen MR) is 87.3 cm³/mol. The van der Waals surface area contributed by atoms with Crippen molar-refractivity contribution < 1.29 is 4.74 Å². The molecule has 0 radical (unpaired) electrons. The maximum atomic E-state index is 5.32. The van der Waals surface area contributed by atoms with Gasteiger partial charge in [0.15, 0.2) is 0 Å². The second-order valence-corrected chi connectivity index (χ2v) is 5.62. The van der Waals surface area contributed by atoms with Crippen molar-refractivity contribution in [3.05, 3.63) is 47.8 Å². The van der Waals surface area contributed by atoms with Crippen LogP contribution in [0.3, 0.4) is 0 Å². The minimum absolute atomic E-state index is 0.836. The lowest BCUT2D eigenvalue weighted by molar-refractivity contribution is 0.248. The van der Waals surface area contributed by atoms with Gasteiger partial charge < -0.3 is 9.64 Å². The fourth-order valence-electron chi connectivity index (χ4n) is 2.86. The molecule has 5 heteroatoms. The summed E-state index contributed by atoms with van der Waals surface area (Å²) < 4.78 is 5.32. The molecule has 0 atom stereocenters. The van der Waals surface area contributed by atoms with E-state index in [9.17, 15) is 0 Å². The van der Waals surface area contributed by atoms with Crippen LogP contribution in [0, 0.1) is 6.92 Å². The number of ether oxygens (including phenoxy) is 1. The van der Waals surface area contributed by atoms with Crippen LogP contribution >= 0.6 is 0 Å². The van der Waals surface area contributed by atoms with Gasteiger partial charge in [-0.1, -0.05) is 12.1 Å². The summed E-state index contributed by atoms with van der Waals surface area (Å²) in [6.45, 7) is 7.08. The topological polar surface area (TPSA) is 41.5 Å². The first-order chi connectivity index (χ1) is 10.8. The van der Waals surface area contributed by atoms with E-state index < -0.39 is 0 Å². The smallest absolute Gasteiger partial charge is 0.225 e. The molecule has 0 N–H and O–H groups in total. The second kappa shape index (κ2) is 6.75. The molecule has 0 bridgehead atoms. The molecule has 0 amide bonds. The number of rotatable bonds is 4. The summed E-state index contributed by atoms with van der Waals surface area (Å²) in [4.78, 5) is 13.4. The monoisotopic (exact) mass is 298 g/mol. The van der Waals surface area contributed by atoms with Gasteiger partial charge in [0, 0.05) is 45.1 Å². The number of anilines is 1. The first kappa shape index (κ1) is 14.8. The number of hydrogen-bond acceptors (Lipinski definition) is 5. The Morgan fingerprint density at radius 2 is 1.82 bits per heavy atom. The molecule has 2 aromatic rings. The molecule has 1 aliphatic heterocycles. The van der Waals surface area contributed by atoms with Crippen molar-refractivity contribution in [2.45, 2.75) is 13.5 Å². The van der Waals surface area contributed by atoms with Gasteiger partial charge >= 0.3 is 0 Å². The van der Waals surface area contributed by atoms with Crippen LogP contribution in [-0.4, -0.2) is 48.2 Å². The van der Waals surface area contributed by atoms with Crippen LogP contribution in [0.25, 0.3) is 0 Å². The van der Waals surface area contributed by atoms with Crippen LogP contribution in [0.5, 0.6) is 5.75 Å². The molecule has 1 aromatic heterocycles. The highest BCUT2D eigenvalue weighted by atomic mass is 16.5. The van der Waals surface area contributed by atoms with E-state index >= 15 is 0 Å². The Balaban J connectivity index is 1.57. The van der Waals surface area contributed by atoms with Crippen molar-refractivity contribution in [1.29, 1.82) is 0 Å². The van der Waals surface area contributed by atoms with Gasteiger partial charge in [0.2, 0.25) is 5.95 Å². The highest BCUT2D eigenvalue weighted by Gasteiger charge is 2.18. The number of hydrogen-bond donors (Lipinski definition) is 0. The van der Waals surface area contributed by atoms with E-state index in [4.69, 9.17) is 4.74 Å². The van der Waals surface area contributed by atoms with E-state index in [-0.39, 0.29) is 0 Å². The Morgan fingerprint density at radius 3 is 2.45 bits per heavy atom. The van der Waals surface area contributed by atoms with Crippen molar-refractivity contribution in [2.24, 2.45) is 0 Å². The van der Waals surface area contributed by atoms with Crippen molar-refractivity contribution in [3.8, 4) is 5.75 Å². The molecule has 0 saturated carbocycles. The normalized spacial score (nSPS) is 15.8. The number of nitrogens with zero attached hydrogens (tertiary/aromatic N) is 4.